The van der Waals surface area contributed by atoms with Crippen molar-refractivity contribution in [3.8, 4) is 0 Å². The van der Waals surface area contributed by atoms with Gasteiger partial charge in [-0.1, -0.05) is 0 Å². The molecule has 13 heavy (non-hydrogen) atoms. The molecule has 0 atom stereocenters. The third-order valence-corrected chi connectivity index (χ3v) is 0. The Morgan fingerprint density at radius 1 is 0.846 bits per heavy atom. The first kappa shape index (κ1) is 38.6. The van der Waals surface area contributed by atoms with Crippen LogP contribution < -0.4 is 24.6 Å². The Kier molecular flexibility index (Phi) is 52.7. The summed E-state index contributed by atoms with van der Waals surface area (Å²) in [6, 6.07) is 0. The van der Waals surface area contributed by atoms with Gasteiger partial charge in [-0.2, -0.15) is 12.6 Å². The highest BCUT2D eigenvalue weighted by Crippen LogP contribution is 1.59. The standard InChI is InChI=1S/4H3N.H2O4S.H2O3S/c;;;;1-5(2,3)4;1-4(2)3/h4*1H3;(H2,1,2,3,4);(H2,1,2,3). The van der Waals surface area contributed by atoms with Crippen molar-refractivity contribution in [2.24, 2.45) is 0 Å². The van der Waals surface area contributed by atoms with Crippen LogP contribution in [0.1, 0.15) is 0 Å². The average molecular weight is 248 g/mol. The Morgan fingerprint density at radius 2 is 0.846 bits per heavy atom. The maximum absolute atomic E-state index is 8.74. The molecule has 0 spiro atoms. The Bertz CT molecular complexity index is 161. The lowest BCUT2D eigenvalue weighted by Crippen LogP contribution is -1.89. The molecule has 0 aliphatic heterocycles. The molecule has 0 unspecified atom stereocenters. The molecule has 0 heterocycles. The van der Waals surface area contributed by atoms with Crippen molar-refractivity contribution in [3.63, 3.8) is 0 Å². The smallest absolute Gasteiger partial charge is 0.344 e. The highest BCUT2D eigenvalue weighted by atomic mass is 32.3. The van der Waals surface area contributed by atoms with Gasteiger partial charge in [0.2, 0.25) is 0 Å². The topological polar surface area (TPSA) is 272 Å². The van der Waals surface area contributed by atoms with Crippen LogP contribution in [0.4, 0.5) is 0 Å². The van der Waals surface area contributed by atoms with Crippen LogP contribution in [0, 0.1) is 0 Å². The molecule has 11 nitrogen and oxygen atoms in total. The van der Waals surface area contributed by atoms with Gasteiger partial charge in [0, 0.05) is 0 Å². The maximum Gasteiger partial charge on any atom is 0.394 e. The largest absolute Gasteiger partial charge is 0.394 e. The molecule has 0 saturated carbocycles. The highest BCUT2D eigenvalue weighted by molar-refractivity contribution is 7.79. The third-order valence-electron chi connectivity index (χ3n) is 0. The fraction of sp³-hybridized carbons (Fsp3) is 0. The van der Waals surface area contributed by atoms with E-state index >= 15 is 0 Å². The van der Waals surface area contributed by atoms with Crippen molar-refractivity contribution in [3.05, 3.63) is 0 Å². The van der Waals surface area contributed by atoms with Gasteiger partial charge in [-0.05, 0) is 0 Å². The van der Waals surface area contributed by atoms with Gasteiger partial charge in [0.15, 0.2) is 0 Å². The van der Waals surface area contributed by atoms with E-state index in [1.165, 1.54) is 0 Å². The molecule has 0 aromatic rings. The number of hydrogen-bond acceptors (Lipinski definition) is 7. The van der Waals surface area contributed by atoms with E-state index in [4.69, 9.17) is 30.8 Å². The second kappa shape index (κ2) is 17.8. The molecule has 0 bridgehead atoms. The molecule has 16 N–H and O–H groups in total. The predicted octanol–water partition coefficient (Wildman–Crippen LogP) is -0.324. The van der Waals surface area contributed by atoms with E-state index in [9.17, 15) is 0 Å². The van der Waals surface area contributed by atoms with Gasteiger partial charge < -0.3 is 24.6 Å². The lowest BCUT2D eigenvalue weighted by Gasteiger charge is -1.68. The van der Waals surface area contributed by atoms with Crippen LogP contribution >= 0.6 is 0 Å². The SMILES string of the molecule is N.N.N.N.O=S(=O)(O)O.O=S(O)O. The van der Waals surface area contributed by atoms with E-state index in [-0.39, 0.29) is 24.6 Å². The summed E-state index contributed by atoms with van der Waals surface area (Å²) in [6.07, 6.45) is 0. The molecule has 0 radical (unpaired) electrons. The second-order valence-electron chi connectivity index (χ2n) is 0.679. The predicted molar refractivity (Wildman–Crippen MR) is 47.7 cm³/mol. The molecule has 0 amide bonds. The summed E-state index contributed by atoms with van der Waals surface area (Å²) in [5, 5.41) is 0. The van der Waals surface area contributed by atoms with Gasteiger partial charge in [-0.15, -0.1) is 0 Å². The van der Waals surface area contributed by atoms with E-state index in [1.54, 1.807) is 0 Å². The van der Waals surface area contributed by atoms with Crippen molar-refractivity contribution in [2.45, 2.75) is 0 Å². The molecule has 0 rings (SSSR count). The average Bonchev–Trinajstić information content (AvgIpc) is 1.19. The van der Waals surface area contributed by atoms with Gasteiger partial charge >= 0.3 is 10.4 Å². The molecule has 0 aliphatic carbocycles. The van der Waals surface area contributed by atoms with Crippen molar-refractivity contribution in [1.82, 2.24) is 24.6 Å². The molecule has 0 aromatic carbocycles. The van der Waals surface area contributed by atoms with Crippen molar-refractivity contribution in [1.29, 1.82) is 0 Å². The summed E-state index contributed by atoms with van der Waals surface area (Å²) in [7, 11) is -4.67. The fourth-order valence-electron chi connectivity index (χ4n) is 0. The van der Waals surface area contributed by atoms with E-state index in [1.807, 2.05) is 0 Å². The maximum atomic E-state index is 8.74. The lowest BCUT2D eigenvalue weighted by atomic mass is 14.0. The first-order valence-electron chi connectivity index (χ1n) is 1.23. The van der Waals surface area contributed by atoms with E-state index in [0.29, 0.717) is 0 Å². The normalized spacial score (nSPS) is 7.15. The minimum Gasteiger partial charge on any atom is -0.344 e. The van der Waals surface area contributed by atoms with Gasteiger partial charge in [-0.3, -0.25) is 18.2 Å². The molecule has 0 saturated heterocycles. The van der Waals surface area contributed by atoms with Gasteiger partial charge in [0.1, 0.15) is 0 Å². The Hall–Kier alpha value is -0.220. The Labute approximate surface area is 77.9 Å². The van der Waals surface area contributed by atoms with Crippen LogP contribution in [-0.2, 0) is 21.8 Å². The minimum atomic E-state index is -4.67. The highest BCUT2D eigenvalue weighted by Gasteiger charge is 1.84. The Balaban J connectivity index is -0.0000000146. The fourth-order valence-corrected chi connectivity index (χ4v) is 0. The summed E-state index contributed by atoms with van der Waals surface area (Å²) in [6.45, 7) is 0. The molecule has 13 heteroatoms. The zero-order valence-electron chi connectivity index (χ0n) is 6.66. The van der Waals surface area contributed by atoms with Crippen molar-refractivity contribution < 1.29 is 30.8 Å². The summed E-state index contributed by atoms with van der Waals surface area (Å²) in [5.74, 6) is 0. The van der Waals surface area contributed by atoms with Crippen LogP contribution in [0.25, 0.3) is 0 Å². The molecular formula is H16N4O7S2. The van der Waals surface area contributed by atoms with Crippen LogP contribution in [0.15, 0.2) is 0 Å². The summed E-state index contributed by atoms with van der Waals surface area (Å²) in [5.41, 5.74) is 0. The molecule has 0 fully saturated rings. The summed E-state index contributed by atoms with van der Waals surface area (Å²) in [4.78, 5) is 0. The van der Waals surface area contributed by atoms with Crippen molar-refractivity contribution in [2.75, 3.05) is 0 Å². The first-order valence-corrected chi connectivity index (χ1v) is 3.69. The van der Waals surface area contributed by atoms with E-state index < -0.39 is 21.8 Å². The molecule has 0 aromatic heterocycles. The Morgan fingerprint density at radius 3 is 0.846 bits per heavy atom. The first-order chi connectivity index (χ1) is 3.73. The van der Waals surface area contributed by atoms with Gasteiger partial charge in [0.05, 0.1) is 0 Å². The molecular weight excluding hydrogens is 232 g/mol. The summed E-state index contributed by atoms with van der Waals surface area (Å²) >= 11 is -2.61. The minimum absolute atomic E-state index is 0. The lowest BCUT2D eigenvalue weighted by molar-refractivity contribution is 0.381. The summed E-state index contributed by atoms with van der Waals surface area (Å²) < 4.78 is 54.4. The second-order valence-corrected chi connectivity index (χ2v) is 2.04. The van der Waals surface area contributed by atoms with Crippen LogP contribution in [-0.4, -0.2) is 30.8 Å². The van der Waals surface area contributed by atoms with Crippen LogP contribution in [0.5, 0.6) is 0 Å². The van der Waals surface area contributed by atoms with Crippen LogP contribution in [0.2, 0.25) is 0 Å². The molecule has 0 aliphatic rings. The van der Waals surface area contributed by atoms with E-state index in [0.717, 1.165) is 0 Å². The quantitative estimate of drug-likeness (QED) is 0.203. The zero-order chi connectivity index (χ0) is 8.08. The number of hydrogen-bond donors (Lipinski definition) is 8. The van der Waals surface area contributed by atoms with Gasteiger partial charge in [-0.25, -0.2) is 0 Å². The zero-order valence-corrected chi connectivity index (χ0v) is 8.29. The molecule has 90 valence electrons. The monoisotopic (exact) mass is 248 g/mol. The number of rotatable bonds is 0. The van der Waals surface area contributed by atoms with Gasteiger partial charge in [0.25, 0.3) is 11.4 Å². The third kappa shape index (κ3) is 23300. The van der Waals surface area contributed by atoms with E-state index in [2.05, 4.69) is 0 Å². The van der Waals surface area contributed by atoms with Crippen LogP contribution in [0.3, 0.4) is 0 Å². The van der Waals surface area contributed by atoms with Crippen molar-refractivity contribution >= 4 is 21.8 Å².